The van der Waals surface area contributed by atoms with E-state index in [1.165, 1.54) is 0 Å². The Balaban J connectivity index is 2.05. The van der Waals surface area contributed by atoms with Gasteiger partial charge in [0.15, 0.2) is 5.69 Å². The zero-order valence-electron chi connectivity index (χ0n) is 12.7. The maximum atomic E-state index is 12.2. The number of nitrogens with one attached hydrogen (secondary N) is 1. The minimum atomic E-state index is -0.537. The van der Waals surface area contributed by atoms with Crippen LogP contribution in [-0.4, -0.2) is 32.6 Å². The lowest BCUT2D eigenvalue weighted by molar-refractivity contribution is -0.115. The molecule has 2 aromatic rings. The van der Waals surface area contributed by atoms with Crippen molar-refractivity contribution in [3.8, 4) is 5.69 Å². The summed E-state index contributed by atoms with van der Waals surface area (Å²) in [6.45, 7) is 1.97. The van der Waals surface area contributed by atoms with Gasteiger partial charge >= 0.3 is 5.97 Å². The largest absolute Gasteiger partial charge is 0.461 e. The normalized spacial score (nSPS) is 15.6. The zero-order chi connectivity index (χ0) is 17.1. The van der Waals surface area contributed by atoms with E-state index in [2.05, 4.69) is 10.4 Å². The van der Waals surface area contributed by atoms with Crippen LogP contribution in [0.2, 0.25) is 0 Å². The monoisotopic (exact) mass is 359 g/mol. The van der Waals surface area contributed by atoms with Crippen molar-refractivity contribution < 1.29 is 14.3 Å². The summed E-state index contributed by atoms with van der Waals surface area (Å²) in [7, 11) is 0. The Labute approximate surface area is 147 Å². The molecule has 1 N–H and O–H groups in total. The van der Waals surface area contributed by atoms with Crippen molar-refractivity contribution >= 4 is 46.3 Å². The van der Waals surface area contributed by atoms with Crippen molar-refractivity contribution in [1.29, 1.82) is 0 Å². The Morgan fingerprint density at radius 2 is 2.17 bits per heavy atom. The highest BCUT2D eigenvalue weighted by molar-refractivity contribution is 8.26. The van der Waals surface area contributed by atoms with Gasteiger partial charge in [-0.3, -0.25) is 4.79 Å². The van der Waals surface area contributed by atoms with E-state index in [-0.39, 0.29) is 18.2 Å². The molecular formula is C16H13N3O3S2. The van der Waals surface area contributed by atoms with Gasteiger partial charge in [0, 0.05) is 11.8 Å². The maximum absolute atomic E-state index is 12.2. The van der Waals surface area contributed by atoms with Crippen molar-refractivity contribution in [2.24, 2.45) is 0 Å². The molecule has 3 rings (SSSR count). The second-order valence-electron chi connectivity index (χ2n) is 4.79. The van der Waals surface area contributed by atoms with Crippen LogP contribution in [0.1, 0.15) is 23.0 Å². The van der Waals surface area contributed by atoms with Crippen LogP contribution in [-0.2, 0) is 9.53 Å². The molecule has 0 radical (unpaired) electrons. The second-order valence-corrected chi connectivity index (χ2v) is 6.50. The quantitative estimate of drug-likeness (QED) is 0.514. The van der Waals surface area contributed by atoms with E-state index in [0.717, 1.165) is 17.4 Å². The molecule has 122 valence electrons. The fraction of sp³-hybridized carbons (Fsp3) is 0.125. The number of nitrogens with zero attached hydrogens (tertiary/aromatic N) is 2. The fourth-order valence-electron chi connectivity index (χ4n) is 2.13. The predicted molar refractivity (Wildman–Crippen MR) is 95.8 cm³/mol. The summed E-state index contributed by atoms with van der Waals surface area (Å²) in [5.41, 5.74) is 1.45. The molecule has 0 saturated carbocycles. The van der Waals surface area contributed by atoms with E-state index in [9.17, 15) is 9.59 Å². The Morgan fingerprint density at radius 1 is 1.42 bits per heavy atom. The molecule has 1 amide bonds. The second kappa shape index (κ2) is 6.98. The van der Waals surface area contributed by atoms with Gasteiger partial charge in [0.25, 0.3) is 5.91 Å². The number of thiocarbonyl (C=S) groups is 1. The van der Waals surface area contributed by atoms with Gasteiger partial charge in [-0.2, -0.15) is 5.10 Å². The van der Waals surface area contributed by atoms with Gasteiger partial charge in [0.1, 0.15) is 4.32 Å². The van der Waals surface area contributed by atoms with Gasteiger partial charge < -0.3 is 10.1 Å². The molecule has 1 aliphatic heterocycles. The molecule has 0 aliphatic carbocycles. The highest BCUT2D eigenvalue weighted by Crippen LogP contribution is 2.27. The lowest BCUT2D eigenvalue weighted by atomic mass is 10.2. The first-order valence-corrected chi connectivity index (χ1v) is 8.38. The molecule has 1 saturated heterocycles. The number of hydrogen-bond donors (Lipinski definition) is 1. The van der Waals surface area contributed by atoms with Crippen LogP contribution < -0.4 is 5.32 Å². The minimum Gasteiger partial charge on any atom is -0.461 e. The van der Waals surface area contributed by atoms with Gasteiger partial charge in [-0.05, 0) is 25.1 Å². The lowest BCUT2D eigenvalue weighted by Crippen LogP contribution is -2.17. The standard InChI is InChI=1S/C16H13N3O3S2/c1-2-22-15(21)13-10(8-12-14(20)17-16(23)24-12)9-19(18-13)11-6-4-3-5-7-11/h3-9H,2H2,1H3,(H,17,20,23)/b12-8-. The SMILES string of the molecule is CCOC(=O)c1nn(-c2ccccc2)cc1/C=C1\SC(=S)NC1=O. The maximum Gasteiger partial charge on any atom is 0.359 e. The third kappa shape index (κ3) is 3.39. The number of ether oxygens (including phenoxy) is 1. The zero-order valence-corrected chi connectivity index (χ0v) is 14.3. The molecule has 1 aromatic carbocycles. The summed E-state index contributed by atoms with van der Waals surface area (Å²) in [5.74, 6) is -0.822. The number of esters is 1. The van der Waals surface area contributed by atoms with E-state index >= 15 is 0 Å². The molecule has 1 aliphatic rings. The smallest absolute Gasteiger partial charge is 0.359 e. The molecule has 8 heteroatoms. The number of aromatic nitrogens is 2. The molecule has 6 nitrogen and oxygen atoms in total. The van der Waals surface area contributed by atoms with Crippen LogP contribution in [0.3, 0.4) is 0 Å². The molecule has 24 heavy (non-hydrogen) atoms. The highest BCUT2D eigenvalue weighted by atomic mass is 32.2. The molecule has 0 atom stereocenters. The van der Waals surface area contributed by atoms with Gasteiger partial charge in [0.05, 0.1) is 17.2 Å². The third-order valence-electron chi connectivity index (χ3n) is 3.16. The topological polar surface area (TPSA) is 73.2 Å². The summed E-state index contributed by atoms with van der Waals surface area (Å²) in [4.78, 5) is 24.4. The molecule has 1 fully saturated rings. The molecular weight excluding hydrogens is 346 g/mol. The molecule has 1 aromatic heterocycles. The summed E-state index contributed by atoms with van der Waals surface area (Å²) >= 11 is 6.13. The molecule has 2 heterocycles. The first-order chi connectivity index (χ1) is 11.6. The average molecular weight is 359 g/mol. The minimum absolute atomic E-state index is 0.152. The van der Waals surface area contributed by atoms with Gasteiger partial charge in [-0.15, -0.1) is 0 Å². The number of carbonyl (C=O) groups is 2. The number of carbonyl (C=O) groups excluding carboxylic acids is 2. The van der Waals surface area contributed by atoms with Crippen LogP contribution in [0.15, 0.2) is 41.4 Å². The predicted octanol–water partition coefficient (Wildman–Crippen LogP) is 2.54. The summed E-state index contributed by atoms with van der Waals surface area (Å²) < 4.78 is 7.02. The lowest BCUT2D eigenvalue weighted by Gasteiger charge is -2.00. The van der Waals surface area contributed by atoms with Crippen molar-refractivity contribution in [2.45, 2.75) is 6.92 Å². The molecule has 0 bridgehead atoms. The number of amides is 1. The first-order valence-electron chi connectivity index (χ1n) is 7.15. The summed E-state index contributed by atoms with van der Waals surface area (Å²) in [6, 6.07) is 9.37. The van der Waals surface area contributed by atoms with Crippen LogP contribution in [0.4, 0.5) is 0 Å². The molecule has 0 spiro atoms. The fourth-order valence-corrected chi connectivity index (χ4v) is 3.16. The van der Waals surface area contributed by atoms with E-state index in [1.54, 1.807) is 23.9 Å². The number of para-hydroxylation sites is 1. The Kier molecular flexibility index (Phi) is 4.77. The van der Waals surface area contributed by atoms with E-state index in [4.69, 9.17) is 17.0 Å². The number of rotatable bonds is 4. The third-order valence-corrected chi connectivity index (χ3v) is 4.32. The summed E-state index contributed by atoms with van der Waals surface area (Å²) in [5, 5.41) is 6.85. The summed E-state index contributed by atoms with van der Waals surface area (Å²) in [6.07, 6.45) is 3.28. The van der Waals surface area contributed by atoms with Crippen LogP contribution >= 0.6 is 24.0 Å². The van der Waals surface area contributed by atoms with Crippen molar-refractivity contribution in [2.75, 3.05) is 6.61 Å². The average Bonchev–Trinajstić information content (AvgIpc) is 3.12. The number of benzene rings is 1. The molecule has 0 unspecified atom stereocenters. The van der Waals surface area contributed by atoms with Gasteiger partial charge in [-0.25, -0.2) is 9.48 Å². The van der Waals surface area contributed by atoms with Crippen molar-refractivity contribution in [3.63, 3.8) is 0 Å². The van der Waals surface area contributed by atoms with Crippen molar-refractivity contribution in [3.05, 3.63) is 52.7 Å². The Morgan fingerprint density at radius 3 is 2.79 bits per heavy atom. The van der Waals surface area contributed by atoms with Crippen molar-refractivity contribution in [1.82, 2.24) is 15.1 Å². The van der Waals surface area contributed by atoms with Crippen LogP contribution in [0.5, 0.6) is 0 Å². The number of hydrogen-bond acceptors (Lipinski definition) is 6. The van der Waals surface area contributed by atoms with E-state index in [1.807, 2.05) is 30.3 Å². The Bertz CT molecular complexity index is 844. The van der Waals surface area contributed by atoms with Gasteiger partial charge in [-0.1, -0.05) is 42.2 Å². The van der Waals surface area contributed by atoms with E-state index < -0.39 is 5.97 Å². The van der Waals surface area contributed by atoms with Crippen LogP contribution in [0, 0.1) is 0 Å². The highest BCUT2D eigenvalue weighted by Gasteiger charge is 2.24. The van der Waals surface area contributed by atoms with E-state index in [0.29, 0.717) is 14.8 Å². The van der Waals surface area contributed by atoms with Crippen LogP contribution in [0.25, 0.3) is 11.8 Å². The Hall–Kier alpha value is -2.45. The number of thioether (sulfide) groups is 1. The first kappa shape index (κ1) is 16.4. The van der Waals surface area contributed by atoms with Gasteiger partial charge in [0.2, 0.25) is 0 Å².